The molecule has 0 radical (unpaired) electrons. The summed E-state index contributed by atoms with van der Waals surface area (Å²) >= 11 is 5.72. The minimum atomic E-state index is -0.464. The smallest absolute Gasteiger partial charge is 0.275 e. The van der Waals surface area contributed by atoms with E-state index in [1.807, 2.05) is 0 Å². The minimum absolute atomic E-state index is 0.0121. The molecule has 1 aromatic rings. The van der Waals surface area contributed by atoms with Gasteiger partial charge in [0.25, 0.3) is 5.69 Å². The molecule has 1 N–H and O–H groups in total. The summed E-state index contributed by atoms with van der Waals surface area (Å²) in [6.45, 7) is 0.797. The Bertz CT molecular complexity index is 477. The molecule has 0 unspecified atom stereocenters. The van der Waals surface area contributed by atoms with Gasteiger partial charge >= 0.3 is 0 Å². The Morgan fingerprint density at radius 3 is 2.74 bits per heavy atom. The molecule has 0 bridgehead atoms. The summed E-state index contributed by atoms with van der Waals surface area (Å²) in [7, 11) is 3.37. The van der Waals surface area contributed by atoms with E-state index in [0.717, 1.165) is 0 Å². The molecule has 1 aromatic carbocycles. The number of benzene rings is 1. The van der Waals surface area contributed by atoms with Gasteiger partial charge in [0.05, 0.1) is 4.92 Å². The number of nitrogens with one attached hydrogen (secondary N) is 1. The molecule has 104 valence electrons. The molecule has 1 rings (SSSR count). The van der Waals surface area contributed by atoms with Crippen LogP contribution in [0.5, 0.6) is 0 Å². The summed E-state index contributed by atoms with van der Waals surface area (Å²) in [6.07, 6.45) is 0.356. The topological polar surface area (TPSA) is 75.5 Å². The summed E-state index contributed by atoms with van der Waals surface area (Å²) in [5.74, 6) is 0.0121. The van der Waals surface area contributed by atoms with Crippen LogP contribution in [0.1, 0.15) is 12.0 Å². The summed E-state index contributed by atoms with van der Waals surface area (Å²) in [5.41, 5.74) is 0.533. The second-order valence-corrected chi connectivity index (χ2v) is 4.68. The maximum Gasteiger partial charge on any atom is 0.275 e. The second-order valence-electron chi connectivity index (χ2n) is 4.25. The van der Waals surface area contributed by atoms with E-state index in [-0.39, 0.29) is 11.6 Å². The van der Waals surface area contributed by atoms with Crippen LogP contribution >= 0.6 is 11.6 Å². The van der Waals surface area contributed by atoms with Gasteiger partial charge in [0, 0.05) is 50.3 Å². The molecule has 0 atom stereocenters. The molecule has 6 nitrogen and oxygen atoms in total. The first-order valence-electron chi connectivity index (χ1n) is 5.75. The standard InChI is InChI=1S/C12H16ClN3O3/c1-15(2)12(17)5-6-14-8-9-3-4-10(13)7-11(9)16(18)19/h3-4,7,14H,5-6,8H2,1-2H3. The van der Waals surface area contributed by atoms with Gasteiger partial charge in [0.1, 0.15) is 0 Å². The van der Waals surface area contributed by atoms with Crippen LogP contribution in [0.4, 0.5) is 5.69 Å². The number of halogens is 1. The van der Waals surface area contributed by atoms with E-state index >= 15 is 0 Å². The molecule has 0 aromatic heterocycles. The van der Waals surface area contributed by atoms with Gasteiger partial charge in [-0.2, -0.15) is 0 Å². The van der Waals surface area contributed by atoms with Crippen LogP contribution in [-0.2, 0) is 11.3 Å². The third-order valence-electron chi connectivity index (χ3n) is 2.57. The molecular formula is C12H16ClN3O3. The van der Waals surface area contributed by atoms with E-state index in [4.69, 9.17) is 11.6 Å². The molecule has 7 heteroatoms. The van der Waals surface area contributed by atoms with Gasteiger partial charge in [-0.25, -0.2) is 0 Å². The molecule has 0 spiro atoms. The first kappa shape index (κ1) is 15.4. The quantitative estimate of drug-likeness (QED) is 0.491. The highest BCUT2D eigenvalue weighted by atomic mass is 35.5. The fourth-order valence-electron chi connectivity index (χ4n) is 1.50. The van der Waals surface area contributed by atoms with Gasteiger partial charge < -0.3 is 10.2 Å². The number of carbonyl (C=O) groups is 1. The number of amides is 1. The Labute approximate surface area is 116 Å². The van der Waals surface area contributed by atoms with Crippen molar-refractivity contribution in [3.8, 4) is 0 Å². The molecule has 19 heavy (non-hydrogen) atoms. The number of hydrogen-bond acceptors (Lipinski definition) is 4. The van der Waals surface area contributed by atoms with Crippen molar-refractivity contribution in [2.45, 2.75) is 13.0 Å². The van der Waals surface area contributed by atoms with E-state index < -0.39 is 4.92 Å². The van der Waals surface area contributed by atoms with Crippen molar-refractivity contribution in [3.05, 3.63) is 38.9 Å². The average Bonchev–Trinajstić information content (AvgIpc) is 2.35. The monoisotopic (exact) mass is 285 g/mol. The maximum atomic E-state index is 11.3. The lowest BCUT2D eigenvalue weighted by Crippen LogP contribution is -2.26. The largest absolute Gasteiger partial charge is 0.349 e. The highest BCUT2D eigenvalue weighted by Gasteiger charge is 2.13. The zero-order chi connectivity index (χ0) is 14.4. The Hall–Kier alpha value is -1.66. The fourth-order valence-corrected chi connectivity index (χ4v) is 1.66. The SMILES string of the molecule is CN(C)C(=O)CCNCc1ccc(Cl)cc1[N+](=O)[O-]. The van der Waals surface area contributed by atoms with Crippen LogP contribution in [-0.4, -0.2) is 36.4 Å². The van der Waals surface area contributed by atoms with Crippen LogP contribution < -0.4 is 5.32 Å². The number of rotatable bonds is 6. The molecule has 0 aliphatic heterocycles. The molecule has 0 saturated heterocycles. The number of nitrogens with zero attached hydrogens (tertiary/aromatic N) is 2. The van der Waals surface area contributed by atoms with Gasteiger partial charge in [0.2, 0.25) is 5.91 Å². The van der Waals surface area contributed by atoms with Crippen LogP contribution in [0.3, 0.4) is 0 Å². The Balaban J connectivity index is 2.54. The third-order valence-corrected chi connectivity index (χ3v) is 2.81. The maximum absolute atomic E-state index is 11.3. The van der Waals surface area contributed by atoms with Crippen LogP contribution in [0.2, 0.25) is 5.02 Å². The lowest BCUT2D eigenvalue weighted by atomic mass is 10.2. The number of nitro groups is 1. The Morgan fingerprint density at radius 2 is 2.16 bits per heavy atom. The molecule has 1 amide bonds. The first-order chi connectivity index (χ1) is 8.91. The first-order valence-corrected chi connectivity index (χ1v) is 6.13. The summed E-state index contributed by atoms with van der Waals surface area (Å²) in [4.78, 5) is 23.2. The minimum Gasteiger partial charge on any atom is -0.349 e. The van der Waals surface area contributed by atoms with E-state index in [2.05, 4.69) is 5.32 Å². The third kappa shape index (κ3) is 4.84. The molecule has 0 fully saturated rings. The predicted molar refractivity (Wildman–Crippen MR) is 73.1 cm³/mol. The van der Waals surface area contributed by atoms with Gasteiger partial charge in [0.15, 0.2) is 0 Å². The fraction of sp³-hybridized carbons (Fsp3) is 0.417. The van der Waals surface area contributed by atoms with Gasteiger partial charge in [-0.05, 0) is 12.1 Å². The van der Waals surface area contributed by atoms with Crippen molar-refractivity contribution in [1.82, 2.24) is 10.2 Å². The average molecular weight is 286 g/mol. The van der Waals surface area contributed by atoms with E-state index in [0.29, 0.717) is 30.1 Å². The highest BCUT2D eigenvalue weighted by Crippen LogP contribution is 2.22. The number of nitro benzene ring substituents is 1. The molecule has 0 heterocycles. The number of carbonyl (C=O) groups excluding carboxylic acids is 1. The summed E-state index contributed by atoms with van der Waals surface area (Å²) in [6, 6.07) is 4.54. The lowest BCUT2D eigenvalue weighted by Gasteiger charge is -2.10. The zero-order valence-corrected chi connectivity index (χ0v) is 11.6. The van der Waals surface area contributed by atoms with Crippen molar-refractivity contribution in [2.75, 3.05) is 20.6 Å². The summed E-state index contributed by atoms with van der Waals surface area (Å²) in [5, 5.41) is 14.2. The lowest BCUT2D eigenvalue weighted by molar-refractivity contribution is -0.385. The number of hydrogen-bond donors (Lipinski definition) is 1. The molecular weight excluding hydrogens is 270 g/mol. The summed E-state index contributed by atoms with van der Waals surface area (Å²) < 4.78 is 0. The van der Waals surface area contributed by atoms with Crippen molar-refractivity contribution < 1.29 is 9.72 Å². The Morgan fingerprint density at radius 1 is 1.47 bits per heavy atom. The van der Waals surface area contributed by atoms with Gasteiger partial charge in [-0.3, -0.25) is 14.9 Å². The van der Waals surface area contributed by atoms with E-state index in [9.17, 15) is 14.9 Å². The van der Waals surface area contributed by atoms with E-state index in [1.165, 1.54) is 11.0 Å². The van der Waals surface area contributed by atoms with Gasteiger partial charge in [-0.1, -0.05) is 11.6 Å². The predicted octanol–water partition coefficient (Wildman–Crippen LogP) is 1.82. The normalized spacial score (nSPS) is 10.3. The molecule has 0 aliphatic carbocycles. The van der Waals surface area contributed by atoms with E-state index in [1.54, 1.807) is 26.2 Å². The Kier molecular flexibility index (Phi) is 5.72. The van der Waals surface area contributed by atoms with Crippen molar-refractivity contribution in [2.24, 2.45) is 0 Å². The van der Waals surface area contributed by atoms with Crippen molar-refractivity contribution in [1.29, 1.82) is 0 Å². The molecule has 0 aliphatic rings. The van der Waals surface area contributed by atoms with Gasteiger partial charge in [-0.15, -0.1) is 0 Å². The van der Waals surface area contributed by atoms with Crippen molar-refractivity contribution in [3.63, 3.8) is 0 Å². The second kappa shape index (κ2) is 7.06. The van der Waals surface area contributed by atoms with Crippen LogP contribution in [0, 0.1) is 10.1 Å². The van der Waals surface area contributed by atoms with Crippen LogP contribution in [0.15, 0.2) is 18.2 Å². The zero-order valence-electron chi connectivity index (χ0n) is 10.9. The molecule has 0 saturated carbocycles. The highest BCUT2D eigenvalue weighted by molar-refractivity contribution is 6.30. The van der Waals surface area contributed by atoms with Crippen molar-refractivity contribution >= 4 is 23.2 Å². The van der Waals surface area contributed by atoms with Crippen LogP contribution in [0.25, 0.3) is 0 Å².